The van der Waals surface area contributed by atoms with Crippen LogP contribution < -0.4 is 15.3 Å². The SMILES string of the molecule is CCOc1cccc2cc(C(=O)N3CC[NH+](CC=Cc4ccccc4)CC3)c(=O)oc12. The maximum atomic E-state index is 13.0. The number of nitrogens with one attached hydrogen (secondary N) is 1. The molecule has 0 radical (unpaired) electrons. The first kappa shape index (κ1) is 20.9. The number of amides is 1. The Labute approximate surface area is 181 Å². The Morgan fingerprint density at radius 2 is 1.90 bits per heavy atom. The van der Waals surface area contributed by atoms with Crippen LogP contribution in [-0.4, -0.2) is 50.1 Å². The second-order valence-electron chi connectivity index (χ2n) is 7.61. The number of nitrogens with zero attached hydrogens (tertiary/aromatic N) is 1. The van der Waals surface area contributed by atoms with Crippen molar-refractivity contribution in [2.75, 3.05) is 39.3 Å². The zero-order valence-corrected chi connectivity index (χ0v) is 17.7. The van der Waals surface area contributed by atoms with Gasteiger partial charge in [0.2, 0.25) is 0 Å². The van der Waals surface area contributed by atoms with E-state index in [1.165, 1.54) is 10.5 Å². The maximum Gasteiger partial charge on any atom is 0.349 e. The van der Waals surface area contributed by atoms with Gasteiger partial charge in [-0.25, -0.2) is 4.79 Å². The van der Waals surface area contributed by atoms with Gasteiger partial charge >= 0.3 is 5.63 Å². The highest BCUT2D eigenvalue weighted by Crippen LogP contribution is 2.25. The van der Waals surface area contributed by atoms with Crippen LogP contribution in [0.4, 0.5) is 0 Å². The molecule has 1 fully saturated rings. The Hall–Kier alpha value is -3.38. The predicted molar refractivity (Wildman–Crippen MR) is 121 cm³/mol. The number of benzene rings is 2. The molecule has 1 amide bonds. The van der Waals surface area contributed by atoms with E-state index in [2.05, 4.69) is 24.3 Å². The Balaban J connectivity index is 1.40. The smallest absolute Gasteiger partial charge is 0.349 e. The van der Waals surface area contributed by atoms with Crippen LogP contribution in [-0.2, 0) is 0 Å². The van der Waals surface area contributed by atoms with Gasteiger partial charge in [-0.3, -0.25) is 4.79 Å². The second kappa shape index (κ2) is 9.62. The van der Waals surface area contributed by atoms with Crippen LogP contribution in [0.25, 0.3) is 17.0 Å². The average Bonchev–Trinajstić information content (AvgIpc) is 2.80. The van der Waals surface area contributed by atoms with Gasteiger partial charge in [0.05, 0.1) is 39.3 Å². The average molecular weight is 420 g/mol. The fourth-order valence-electron chi connectivity index (χ4n) is 3.86. The van der Waals surface area contributed by atoms with E-state index in [-0.39, 0.29) is 11.5 Å². The van der Waals surface area contributed by atoms with Crippen molar-refractivity contribution in [3.63, 3.8) is 0 Å². The molecule has 0 spiro atoms. The minimum Gasteiger partial charge on any atom is -0.490 e. The lowest BCUT2D eigenvalue weighted by atomic mass is 10.1. The molecule has 1 aliphatic rings. The largest absolute Gasteiger partial charge is 0.490 e. The zero-order chi connectivity index (χ0) is 21.6. The summed E-state index contributed by atoms with van der Waals surface area (Å²) in [5.74, 6) is 0.244. The first-order valence-corrected chi connectivity index (χ1v) is 10.7. The molecule has 2 heterocycles. The molecule has 3 aromatic rings. The van der Waals surface area contributed by atoms with Gasteiger partial charge in [-0.05, 0) is 30.7 Å². The standard InChI is InChI=1S/C25H26N2O4/c1-2-30-22-12-6-11-20-18-21(25(29)31-23(20)22)24(28)27-16-14-26(15-17-27)13-7-10-19-8-4-3-5-9-19/h3-12,18H,2,13-17H2,1H3/p+1. The fourth-order valence-corrected chi connectivity index (χ4v) is 3.86. The number of ether oxygens (including phenoxy) is 1. The number of para-hydroxylation sites is 1. The normalized spacial score (nSPS) is 14.9. The number of rotatable bonds is 6. The summed E-state index contributed by atoms with van der Waals surface area (Å²) < 4.78 is 11.0. The van der Waals surface area contributed by atoms with E-state index >= 15 is 0 Å². The lowest BCUT2D eigenvalue weighted by Crippen LogP contribution is -3.14. The Morgan fingerprint density at radius 1 is 1.13 bits per heavy atom. The second-order valence-corrected chi connectivity index (χ2v) is 7.61. The molecule has 0 aliphatic carbocycles. The van der Waals surface area contributed by atoms with Gasteiger partial charge in [0.15, 0.2) is 11.3 Å². The van der Waals surface area contributed by atoms with E-state index in [4.69, 9.17) is 9.15 Å². The van der Waals surface area contributed by atoms with E-state index in [1.807, 2.05) is 37.3 Å². The number of piperazine rings is 1. The fraction of sp³-hybridized carbons (Fsp3) is 0.280. The lowest BCUT2D eigenvalue weighted by molar-refractivity contribution is -0.898. The molecule has 0 atom stereocenters. The van der Waals surface area contributed by atoms with Gasteiger partial charge in [-0.1, -0.05) is 48.5 Å². The number of quaternary nitrogens is 1. The predicted octanol–water partition coefficient (Wildman–Crippen LogP) is 2.25. The number of fused-ring (bicyclic) bond motifs is 1. The van der Waals surface area contributed by atoms with Crippen molar-refractivity contribution in [2.24, 2.45) is 0 Å². The highest BCUT2D eigenvalue weighted by atomic mass is 16.5. The molecule has 160 valence electrons. The van der Waals surface area contributed by atoms with Gasteiger partial charge in [-0.2, -0.15) is 0 Å². The third-order valence-corrected chi connectivity index (χ3v) is 5.53. The van der Waals surface area contributed by atoms with E-state index < -0.39 is 5.63 Å². The molecule has 4 rings (SSSR count). The Bertz CT molecular complexity index is 1130. The van der Waals surface area contributed by atoms with Crippen LogP contribution in [0, 0.1) is 0 Å². The number of hydrogen-bond acceptors (Lipinski definition) is 4. The van der Waals surface area contributed by atoms with E-state index in [1.54, 1.807) is 17.0 Å². The summed E-state index contributed by atoms with van der Waals surface area (Å²) in [6, 6.07) is 17.2. The molecule has 0 unspecified atom stereocenters. The minimum atomic E-state index is -0.620. The molecule has 1 N–H and O–H groups in total. The van der Waals surface area contributed by atoms with Crippen molar-refractivity contribution in [1.29, 1.82) is 0 Å². The van der Waals surface area contributed by atoms with E-state index in [9.17, 15) is 9.59 Å². The molecule has 1 aromatic heterocycles. The van der Waals surface area contributed by atoms with Gasteiger partial charge in [0.1, 0.15) is 5.56 Å². The van der Waals surface area contributed by atoms with E-state index in [0.717, 1.165) is 19.6 Å². The maximum absolute atomic E-state index is 13.0. The summed E-state index contributed by atoms with van der Waals surface area (Å²) in [6.45, 7) is 6.17. The lowest BCUT2D eigenvalue weighted by Gasteiger charge is -2.31. The summed E-state index contributed by atoms with van der Waals surface area (Å²) in [5, 5.41) is 0.684. The molecule has 31 heavy (non-hydrogen) atoms. The molecule has 6 heteroatoms. The molecule has 0 saturated carbocycles. The van der Waals surface area contributed by atoms with Crippen LogP contribution in [0.3, 0.4) is 0 Å². The summed E-state index contributed by atoms with van der Waals surface area (Å²) in [5.41, 5.74) is 1.02. The molecule has 1 saturated heterocycles. The van der Waals surface area contributed by atoms with Crippen LogP contribution in [0.1, 0.15) is 22.8 Å². The van der Waals surface area contributed by atoms with Crippen LogP contribution in [0.2, 0.25) is 0 Å². The monoisotopic (exact) mass is 419 g/mol. The highest BCUT2D eigenvalue weighted by molar-refractivity contribution is 5.97. The molecule has 0 bridgehead atoms. The first-order chi connectivity index (χ1) is 15.2. The first-order valence-electron chi connectivity index (χ1n) is 10.7. The Morgan fingerprint density at radius 3 is 2.65 bits per heavy atom. The number of carbonyl (C=O) groups is 1. The van der Waals surface area contributed by atoms with Crippen LogP contribution in [0.5, 0.6) is 5.75 Å². The summed E-state index contributed by atoms with van der Waals surface area (Å²) in [4.78, 5) is 28.7. The minimum absolute atomic E-state index is 0.0774. The Kier molecular flexibility index (Phi) is 6.48. The van der Waals surface area contributed by atoms with Crippen molar-refractivity contribution >= 4 is 23.0 Å². The van der Waals surface area contributed by atoms with Crippen LogP contribution >= 0.6 is 0 Å². The highest BCUT2D eigenvalue weighted by Gasteiger charge is 2.26. The molecular formula is C25H27N2O4+. The summed E-state index contributed by atoms with van der Waals surface area (Å²) in [7, 11) is 0. The molecular weight excluding hydrogens is 392 g/mol. The number of carbonyl (C=O) groups excluding carboxylic acids is 1. The number of hydrogen-bond donors (Lipinski definition) is 1. The zero-order valence-electron chi connectivity index (χ0n) is 17.7. The molecule has 6 nitrogen and oxygen atoms in total. The topological polar surface area (TPSA) is 64.2 Å². The quantitative estimate of drug-likeness (QED) is 0.623. The van der Waals surface area contributed by atoms with Crippen molar-refractivity contribution < 1.29 is 18.8 Å². The molecule has 2 aromatic carbocycles. The third kappa shape index (κ3) is 4.86. The van der Waals surface area contributed by atoms with E-state index in [0.29, 0.717) is 36.4 Å². The van der Waals surface area contributed by atoms with Gasteiger partial charge in [-0.15, -0.1) is 0 Å². The van der Waals surface area contributed by atoms with Crippen molar-refractivity contribution in [1.82, 2.24) is 4.90 Å². The van der Waals surface area contributed by atoms with Gasteiger partial charge in [0, 0.05) is 5.39 Å². The van der Waals surface area contributed by atoms with Crippen molar-refractivity contribution in [3.05, 3.63) is 82.2 Å². The summed E-state index contributed by atoms with van der Waals surface area (Å²) in [6.07, 6.45) is 4.30. The van der Waals surface area contributed by atoms with Crippen molar-refractivity contribution in [2.45, 2.75) is 6.92 Å². The third-order valence-electron chi connectivity index (χ3n) is 5.53. The summed E-state index contributed by atoms with van der Waals surface area (Å²) >= 11 is 0. The van der Waals surface area contributed by atoms with Crippen molar-refractivity contribution in [3.8, 4) is 5.75 Å². The molecule has 1 aliphatic heterocycles. The van der Waals surface area contributed by atoms with Gasteiger partial charge in [0.25, 0.3) is 5.91 Å². The van der Waals surface area contributed by atoms with Gasteiger partial charge < -0.3 is 19.0 Å². The van der Waals surface area contributed by atoms with Crippen LogP contribution in [0.15, 0.2) is 69.9 Å².